The van der Waals surface area contributed by atoms with E-state index < -0.39 is 17.5 Å². The van der Waals surface area contributed by atoms with Gasteiger partial charge in [0.25, 0.3) is 5.91 Å². The zero-order chi connectivity index (χ0) is 19.4. The lowest BCUT2D eigenvalue weighted by Crippen LogP contribution is -2.14. The molecular formula is C21H15ClF2N2O. The molecule has 6 heteroatoms. The van der Waals surface area contributed by atoms with Gasteiger partial charge in [0.15, 0.2) is 0 Å². The Morgan fingerprint density at radius 3 is 2.22 bits per heavy atom. The second kappa shape index (κ2) is 8.10. The number of amides is 1. The second-order valence-electron chi connectivity index (χ2n) is 5.82. The highest BCUT2D eigenvalue weighted by Gasteiger charge is 2.12. The molecule has 3 nitrogen and oxygen atoms in total. The van der Waals surface area contributed by atoms with Gasteiger partial charge < -0.3 is 5.32 Å². The number of nitrogens with one attached hydrogen (secondary N) is 1. The van der Waals surface area contributed by atoms with Crippen LogP contribution in [-0.4, -0.2) is 11.6 Å². The minimum absolute atomic E-state index is 0.291. The summed E-state index contributed by atoms with van der Waals surface area (Å²) in [6, 6.07) is 16.1. The first-order valence-corrected chi connectivity index (χ1v) is 8.48. The Kier molecular flexibility index (Phi) is 5.62. The molecule has 0 aliphatic heterocycles. The summed E-state index contributed by atoms with van der Waals surface area (Å²) in [6.45, 7) is 1.72. The summed E-state index contributed by atoms with van der Waals surface area (Å²) in [6.07, 6.45) is 0. The van der Waals surface area contributed by atoms with E-state index in [2.05, 4.69) is 10.3 Å². The predicted molar refractivity (Wildman–Crippen MR) is 104 cm³/mol. The predicted octanol–water partition coefficient (Wildman–Crippen LogP) is 6.01. The van der Waals surface area contributed by atoms with Crippen LogP contribution in [0.5, 0.6) is 0 Å². The molecule has 0 aliphatic rings. The first kappa shape index (κ1) is 18.7. The minimum atomic E-state index is -0.449. The number of halogens is 3. The molecule has 3 aromatic carbocycles. The van der Waals surface area contributed by atoms with E-state index in [9.17, 15) is 13.6 Å². The van der Waals surface area contributed by atoms with Crippen LogP contribution in [0.2, 0.25) is 5.02 Å². The van der Waals surface area contributed by atoms with Crippen molar-refractivity contribution in [3.63, 3.8) is 0 Å². The Hall–Kier alpha value is -3.05. The lowest BCUT2D eigenvalue weighted by molar-refractivity contribution is 0.102. The molecule has 0 saturated carbocycles. The lowest BCUT2D eigenvalue weighted by atomic mass is 10.1. The first-order chi connectivity index (χ1) is 12.9. The van der Waals surface area contributed by atoms with Gasteiger partial charge in [0.05, 0.1) is 11.4 Å². The zero-order valence-corrected chi connectivity index (χ0v) is 15.1. The first-order valence-electron chi connectivity index (χ1n) is 8.10. The van der Waals surface area contributed by atoms with Crippen LogP contribution in [0.25, 0.3) is 0 Å². The Bertz CT molecular complexity index is 1000. The third-order valence-corrected chi connectivity index (χ3v) is 4.10. The molecule has 0 unspecified atom stereocenters. The van der Waals surface area contributed by atoms with E-state index in [0.29, 0.717) is 33.2 Å². The Morgan fingerprint density at radius 1 is 0.926 bits per heavy atom. The zero-order valence-electron chi connectivity index (χ0n) is 14.3. The van der Waals surface area contributed by atoms with Crippen LogP contribution in [-0.2, 0) is 0 Å². The Balaban J connectivity index is 1.91. The monoisotopic (exact) mass is 384 g/mol. The molecule has 0 aromatic heterocycles. The number of carbonyl (C=O) groups excluding carboxylic acids is 1. The fourth-order valence-electron chi connectivity index (χ4n) is 2.49. The normalized spacial score (nSPS) is 11.3. The molecule has 1 N–H and O–H groups in total. The molecule has 0 atom stereocenters. The van der Waals surface area contributed by atoms with Gasteiger partial charge in [-0.05, 0) is 73.7 Å². The van der Waals surface area contributed by atoms with E-state index in [0.717, 1.165) is 0 Å². The van der Waals surface area contributed by atoms with Gasteiger partial charge in [-0.15, -0.1) is 0 Å². The molecule has 0 spiro atoms. The number of nitrogens with zero attached hydrogens (tertiary/aromatic N) is 1. The molecule has 0 aliphatic carbocycles. The van der Waals surface area contributed by atoms with Crippen molar-refractivity contribution in [2.24, 2.45) is 4.99 Å². The van der Waals surface area contributed by atoms with Gasteiger partial charge in [0.2, 0.25) is 0 Å². The highest BCUT2D eigenvalue weighted by Crippen LogP contribution is 2.23. The number of hydrogen-bond donors (Lipinski definition) is 1. The molecule has 136 valence electrons. The number of carbonyl (C=O) groups is 1. The van der Waals surface area contributed by atoms with Crippen molar-refractivity contribution in [1.82, 2.24) is 0 Å². The van der Waals surface area contributed by atoms with Crippen molar-refractivity contribution in [2.75, 3.05) is 5.32 Å². The maximum atomic E-state index is 13.8. The summed E-state index contributed by atoms with van der Waals surface area (Å²) in [7, 11) is 0. The Labute approximate surface area is 160 Å². The van der Waals surface area contributed by atoms with E-state index >= 15 is 0 Å². The van der Waals surface area contributed by atoms with Gasteiger partial charge in [0.1, 0.15) is 11.6 Å². The van der Waals surface area contributed by atoms with Gasteiger partial charge in [-0.3, -0.25) is 9.79 Å². The number of benzene rings is 3. The topological polar surface area (TPSA) is 41.5 Å². The van der Waals surface area contributed by atoms with Crippen molar-refractivity contribution < 1.29 is 13.6 Å². The van der Waals surface area contributed by atoms with E-state index in [1.165, 1.54) is 42.5 Å². The highest BCUT2D eigenvalue weighted by atomic mass is 35.5. The molecular weight excluding hydrogens is 370 g/mol. The number of anilines is 1. The standard InChI is InChI=1S/C21H15ClF2N2O/c1-13(25-18-9-4-15(22)5-10-18)19-12-17(24)8-11-20(19)26-21(27)14-2-6-16(23)7-3-14/h2-12H,1H3,(H,26,27). The average Bonchev–Trinajstić information content (AvgIpc) is 2.65. The van der Waals surface area contributed by atoms with Crippen molar-refractivity contribution in [3.8, 4) is 0 Å². The smallest absolute Gasteiger partial charge is 0.255 e. The highest BCUT2D eigenvalue weighted by molar-refractivity contribution is 6.30. The lowest BCUT2D eigenvalue weighted by Gasteiger charge is -2.12. The van der Waals surface area contributed by atoms with E-state index in [4.69, 9.17) is 11.6 Å². The quantitative estimate of drug-likeness (QED) is 0.550. The summed E-state index contributed by atoms with van der Waals surface area (Å²) < 4.78 is 26.8. The van der Waals surface area contributed by atoms with Crippen molar-refractivity contribution in [3.05, 3.63) is 94.5 Å². The fraction of sp³-hybridized carbons (Fsp3) is 0.0476. The molecule has 0 radical (unpaired) electrons. The van der Waals surface area contributed by atoms with Crippen LogP contribution in [0.3, 0.4) is 0 Å². The van der Waals surface area contributed by atoms with Crippen molar-refractivity contribution >= 4 is 34.6 Å². The SMILES string of the molecule is CC(=Nc1ccc(Cl)cc1)c1cc(F)ccc1NC(=O)c1ccc(F)cc1. The number of rotatable bonds is 4. The van der Waals surface area contributed by atoms with Crippen LogP contribution in [0.1, 0.15) is 22.8 Å². The number of aliphatic imine (C=N–C) groups is 1. The van der Waals surface area contributed by atoms with Gasteiger partial charge in [-0.25, -0.2) is 8.78 Å². The summed E-state index contributed by atoms with van der Waals surface area (Å²) in [5.74, 6) is -1.31. The van der Waals surface area contributed by atoms with Crippen molar-refractivity contribution in [2.45, 2.75) is 6.92 Å². The van der Waals surface area contributed by atoms with Crippen LogP contribution in [0, 0.1) is 11.6 Å². The third-order valence-electron chi connectivity index (χ3n) is 3.85. The van der Waals surface area contributed by atoms with Crippen LogP contribution in [0.15, 0.2) is 71.7 Å². The van der Waals surface area contributed by atoms with Crippen LogP contribution < -0.4 is 5.32 Å². The third kappa shape index (κ3) is 4.77. The molecule has 3 aromatic rings. The van der Waals surface area contributed by atoms with Gasteiger partial charge in [-0.2, -0.15) is 0 Å². The molecule has 0 heterocycles. The molecule has 0 bridgehead atoms. The van der Waals surface area contributed by atoms with Gasteiger partial charge in [0, 0.05) is 21.9 Å². The molecule has 3 rings (SSSR count). The maximum Gasteiger partial charge on any atom is 0.255 e. The second-order valence-corrected chi connectivity index (χ2v) is 6.26. The summed E-state index contributed by atoms with van der Waals surface area (Å²) in [4.78, 5) is 16.9. The van der Waals surface area contributed by atoms with Crippen LogP contribution in [0.4, 0.5) is 20.2 Å². The Morgan fingerprint density at radius 2 is 1.56 bits per heavy atom. The molecule has 0 saturated heterocycles. The summed E-state index contributed by atoms with van der Waals surface area (Å²) in [5.41, 5.74) is 2.31. The molecule has 1 amide bonds. The minimum Gasteiger partial charge on any atom is -0.321 e. The molecule has 0 fully saturated rings. The summed E-state index contributed by atoms with van der Waals surface area (Å²) >= 11 is 5.87. The van der Waals surface area contributed by atoms with E-state index in [-0.39, 0.29) is 0 Å². The van der Waals surface area contributed by atoms with E-state index in [1.54, 1.807) is 31.2 Å². The maximum absolute atomic E-state index is 13.8. The number of hydrogen-bond acceptors (Lipinski definition) is 2. The van der Waals surface area contributed by atoms with Crippen LogP contribution >= 0.6 is 11.6 Å². The van der Waals surface area contributed by atoms with Crippen molar-refractivity contribution in [1.29, 1.82) is 0 Å². The largest absolute Gasteiger partial charge is 0.321 e. The molecule has 27 heavy (non-hydrogen) atoms. The fourth-order valence-corrected chi connectivity index (χ4v) is 2.62. The summed E-state index contributed by atoms with van der Waals surface area (Å²) in [5, 5.41) is 3.31. The van der Waals surface area contributed by atoms with Gasteiger partial charge in [-0.1, -0.05) is 11.6 Å². The van der Waals surface area contributed by atoms with E-state index in [1.807, 2.05) is 0 Å². The van der Waals surface area contributed by atoms with Gasteiger partial charge >= 0.3 is 0 Å². The average molecular weight is 385 g/mol.